The Labute approximate surface area is 90.3 Å². The first-order chi connectivity index (χ1) is 6.72. The molecule has 0 aromatic carbocycles. The van der Waals surface area contributed by atoms with E-state index in [4.69, 9.17) is 12.2 Å². The average molecular weight is 210 g/mol. The standard InChI is InChI=1S/C11H18N2S/c1-3-10-7-12-11(14)13(10)8(2)6-9-4-5-9/h7-9H,3-6H2,1-2H3,(H,12,14). The largest absolute Gasteiger partial charge is 0.337 e. The van der Waals surface area contributed by atoms with Gasteiger partial charge >= 0.3 is 0 Å². The Morgan fingerprint density at radius 1 is 1.64 bits per heavy atom. The molecule has 1 unspecified atom stereocenters. The second-order valence-corrected chi connectivity index (χ2v) is 4.72. The minimum absolute atomic E-state index is 0.566. The van der Waals surface area contributed by atoms with E-state index in [0.29, 0.717) is 6.04 Å². The fourth-order valence-corrected chi connectivity index (χ4v) is 2.47. The summed E-state index contributed by atoms with van der Waals surface area (Å²) in [4.78, 5) is 3.14. The van der Waals surface area contributed by atoms with E-state index in [1.165, 1.54) is 25.0 Å². The lowest BCUT2D eigenvalue weighted by molar-refractivity contribution is 0.460. The molecule has 1 fully saturated rings. The van der Waals surface area contributed by atoms with Crippen molar-refractivity contribution in [2.75, 3.05) is 0 Å². The molecule has 0 aliphatic heterocycles. The highest BCUT2D eigenvalue weighted by Crippen LogP contribution is 2.37. The Morgan fingerprint density at radius 3 is 2.93 bits per heavy atom. The summed E-state index contributed by atoms with van der Waals surface area (Å²) >= 11 is 5.30. The number of imidazole rings is 1. The third-order valence-electron chi connectivity index (χ3n) is 3.06. The van der Waals surface area contributed by atoms with Crippen molar-refractivity contribution in [2.24, 2.45) is 5.92 Å². The van der Waals surface area contributed by atoms with Crippen LogP contribution in [0.15, 0.2) is 6.20 Å². The lowest BCUT2D eigenvalue weighted by atomic mass is 10.1. The van der Waals surface area contributed by atoms with E-state index in [1.54, 1.807) is 0 Å². The summed E-state index contributed by atoms with van der Waals surface area (Å²) in [6.07, 6.45) is 7.24. The molecule has 78 valence electrons. The van der Waals surface area contributed by atoms with Gasteiger partial charge in [-0.15, -0.1) is 0 Å². The van der Waals surface area contributed by atoms with E-state index in [0.717, 1.165) is 17.1 Å². The van der Waals surface area contributed by atoms with Crippen molar-refractivity contribution in [3.63, 3.8) is 0 Å². The number of aromatic nitrogens is 2. The van der Waals surface area contributed by atoms with Gasteiger partial charge in [-0.05, 0) is 37.9 Å². The van der Waals surface area contributed by atoms with Crippen LogP contribution >= 0.6 is 12.2 Å². The average Bonchev–Trinajstić information content (AvgIpc) is 2.87. The molecule has 0 spiro atoms. The molecule has 2 rings (SSSR count). The first-order valence-electron chi connectivity index (χ1n) is 5.51. The highest BCUT2D eigenvalue weighted by atomic mass is 32.1. The van der Waals surface area contributed by atoms with Crippen molar-refractivity contribution in [1.82, 2.24) is 9.55 Å². The van der Waals surface area contributed by atoms with E-state index in [-0.39, 0.29) is 0 Å². The van der Waals surface area contributed by atoms with Crippen LogP contribution in [-0.2, 0) is 6.42 Å². The first kappa shape index (κ1) is 9.97. The van der Waals surface area contributed by atoms with Crippen molar-refractivity contribution in [1.29, 1.82) is 0 Å². The summed E-state index contributed by atoms with van der Waals surface area (Å²) in [5.41, 5.74) is 1.34. The summed E-state index contributed by atoms with van der Waals surface area (Å²) in [6.45, 7) is 4.46. The Balaban J connectivity index is 2.19. The lowest BCUT2D eigenvalue weighted by Gasteiger charge is -2.15. The maximum absolute atomic E-state index is 5.30. The topological polar surface area (TPSA) is 20.7 Å². The van der Waals surface area contributed by atoms with Crippen LogP contribution in [0, 0.1) is 10.7 Å². The molecular formula is C11H18N2S. The third kappa shape index (κ3) is 1.92. The molecular weight excluding hydrogens is 192 g/mol. The predicted molar refractivity (Wildman–Crippen MR) is 61.0 cm³/mol. The number of aromatic amines is 1. The van der Waals surface area contributed by atoms with E-state index in [2.05, 4.69) is 23.4 Å². The van der Waals surface area contributed by atoms with Crippen molar-refractivity contribution >= 4 is 12.2 Å². The van der Waals surface area contributed by atoms with Crippen molar-refractivity contribution in [2.45, 2.75) is 45.6 Å². The van der Waals surface area contributed by atoms with Crippen LogP contribution in [0.2, 0.25) is 0 Å². The van der Waals surface area contributed by atoms with E-state index in [1.807, 2.05) is 6.20 Å². The van der Waals surface area contributed by atoms with Crippen molar-refractivity contribution in [3.05, 3.63) is 16.7 Å². The molecule has 1 heterocycles. The minimum atomic E-state index is 0.566. The third-order valence-corrected chi connectivity index (χ3v) is 3.38. The molecule has 1 saturated carbocycles. The number of nitrogens with zero attached hydrogens (tertiary/aromatic N) is 1. The number of hydrogen-bond donors (Lipinski definition) is 1. The fourth-order valence-electron chi connectivity index (χ4n) is 2.11. The number of H-pyrrole nitrogens is 1. The van der Waals surface area contributed by atoms with Crippen LogP contribution < -0.4 is 0 Å². The van der Waals surface area contributed by atoms with Crippen LogP contribution in [0.1, 0.15) is 44.8 Å². The van der Waals surface area contributed by atoms with E-state index in [9.17, 15) is 0 Å². The zero-order chi connectivity index (χ0) is 10.1. The van der Waals surface area contributed by atoms with Crippen LogP contribution in [-0.4, -0.2) is 9.55 Å². The van der Waals surface area contributed by atoms with Gasteiger partial charge in [-0.25, -0.2) is 0 Å². The molecule has 1 N–H and O–H groups in total. The molecule has 1 aliphatic rings. The Morgan fingerprint density at radius 2 is 2.36 bits per heavy atom. The van der Waals surface area contributed by atoms with Crippen LogP contribution in [0.25, 0.3) is 0 Å². The molecule has 1 aromatic heterocycles. The van der Waals surface area contributed by atoms with Gasteiger partial charge in [0.2, 0.25) is 0 Å². The zero-order valence-corrected chi connectivity index (χ0v) is 9.73. The summed E-state index contributed by atoms with van der Waals surface area (Å²) in [5.74, 6) is 0.964. The Hall–Kier alpha value is -0.570. The number of hydrogen-bond acceptors (Lipinski definition) is 1. The Kier molecular flexibility index (Phi) is 2.77. The van der Waals surface area contributed by atoms with Gasteiger partial charge in [0.25, 0.3) is 0 Å². The molecule has 0 radical (unpaired) electrons. The van der Waals surface area contributed by atoms with Gasteiger partial charge in [-0.2, -0.15) is 0 Å². The van der Waals surface area contributed by atoms with Gasteiger partial charge in [-0.1, -0.05) is 19.8 Å². The highest BCUT2D eigenvalue weighted by Gasteiger charge is 2.24. The quantitative estimate of drug-likeness (QED) is 0.755. The minimum Gasteiger partial charge on any atom is -0.337 e. The molecule has 0 saturated heterocycles. The molecule has 1 aromatic rings. The van der Waals surface area contributed by atoms with Crippen LogP contribution in [0.5, 0.6) is 0 Å². The van der Waals surface area contributed by atoms with E-state index >= 15 is 0 Å². The van der Waals surface area contributed by atoms with Gasteiger partial charge < -0.3 is 9.55 Å². The summed E-state index contributed by atoms with van der Waals surface area (Å²) in [7, 11) is 0. The maximum Gasteiger partial charge on any atom is 0.177 e. The van der Waals surface area contributed by atoms with E-state index < -0.39 is 0 Å². The van der Waals surface area contributed by atoms with Gasteiger partial charge in [0, 0.05) is 17.9 Å². The summed E-state index contributed by atoms with van der Waals surface area (Å²) < 4.78 is 3.17. The molecule has 0 bridgehead atoms. The summed E-state index contributed by atoms with van der Waals surface area (Å²) in [6, 6.07) is 0.566. The van der Waals surface area contributed by atoms with Crippen LogP contribution in [0.4, 0.5) is 0 Å². The second kappa shape index (κ2) is 3.89. The first-order valence-corrected chi connectivity index (χ1v) is 5.92. The molecule has 1 aliphatic carbocycles. The molecule has 14 heavy (non-hydrogen) atoms. The predicted octanol–water partition coefficient (Wildman–Crippen LogP) is 3.47. The lowest BCUT2D eigenvalue weighted by Crippen LogP contribution is -2.09. The van der Waals surface area contributed by atoms with Crippen molar-refractivity contribution < 1.29 is 0 Å². The molecule has 0 amide bonds. The zero-order valence-electron chi connectivity index (χ0n) is 8.92. The second-order valence-electron chi connectivity index (χ2n) is 4.34. The normalized spacial score (nSPS) is 18.4. The number of nitrogens with one attached hydrogen (secondary N) is 1. The van der Waals surface area contributed by atoms with Gasteiger partial charge in [-0.3, -0.25) is 0 Å². The smallest absolute Gasteiger partial charge is 0.177 e. The fraction of sp³-hybridized carbons (Fsp3) is 0.727. The van der Waals surface area contributed by atoms with Gasteiger partial charge in [0.15, 0.2) is 4.77 Å². The number of rotatable bonds is 4. The molecule has 3 heteroatoms. The molecule has 1 atom stereocenters. The van der Waals surface area contributed by atoms with Gasteiger partial charge in [0.1, 0.15) is 0 Å². The highest BCUT2D eigenvalue weighted by molar-refractivity contribution is 7.71. The van der Waals surface area contributed by atoms with Gasteiger partial charge in [0.05, 0.1) is 0 Å². The molecule has 2 nitrogen and oxygen atoms in total. The Bertz CT molecular complexity index is 360. The summed E-state index contributed by atoms with van der Waals surface area (Å²) in [5, 5.41) is 0. The van der Waals surface area contributed by atoms with Crippen LogP contribution in [0.3, 0.4) is 0 Å². The number of aryl methyl sites for hydroxylation is 1. The monoisotopic (exact) mass is 210 g/mol. The SMILES string of the molecule is CCc1c[nH]c(=S)n1C(C)CC1CC1. The maximum atomic E-state index is 5.30. The van der Waals surface area contributed by atoms with Crippen molar-refractivity contribution in [3.8, 4) is 0 Å².